The van der Waals surface area contributed by atoms with E-state index in [2.05, 4.69) is 15.0 Å². The van der Waals surface area contributed by atoms with Crippen LogP contribution < -0.4 is 10.6 Å². The summed E-state index contributed by atoms with van der Waals surface area (Å²) >= 11 is 0. The summed E-state index contributed by atoms with van der Waals surface area (Å²) in [5.41, 5.74) is 6.17. The SMILES string of the molecule is CN(CCc1ccccn1)c1ncnc(N)c1[N+](=O)[O-]. The van der Waals surface area contributed by atoms with Gasteiger partial charge in [-0.2, -0.15) is 0 Å². The van der Waals surface area contributed by atoms with Crippen LogP contribution in [0.2, 0.25) is 0 Å². The molecule has 0 saturated heterocycles. The number of nitro groups is 1. The standard InChI is InChI=1S/C12H14N6O2/c1-17(7-5-9-4-2-3-6-14-9)12-10(18(19)20)11(13)15-8-16-12/h2-4,6,8H,5,7H2,1H3,(H2,13,15,16). The molecule has 0 radical (unpaired) electrons. The van der Waals surface area contributed by atoms with Crippen molar-refractivity contribution in [3.8, 4) is 0 Å². The van der Waals surface area contributed by atoms with Crippen LogP contribution in [-0.2, 0) is 6.42 Å². The lowest BCUT2D eigenvalue weighted by Gasteiger charge is -2.17. The van der Waals surface area contributed by atoms with Crippen LogP contribution >= 0.6 is 0 Å². The van der Waals surface area contributed by atoms with E-state index in [1.54, 1.807) is 18.1 Å². The summed E-state index contributed by atoms with van der Waals surface area (Å²) in [4.78, 5) is 23.9. The van der Waals surface area contributed by atoms with Gasteiger partial charge in [0.1, 0.15) is 6.33 Å². The van der Waals surface area contributed by atoms with Crippen LogP contribution in [0, 0.1) is 10.1 Å². The van der Waals surface area contributed by atoms with Gasteiger partial charge in [0, 0.05) is 31.9 Å². The molecule has 2 rings (SSSR count). The first-order valence-corrected chi connectivity index (χ1v) is 5.95. The van der Waals surface area contributed by atoms with Gasteiger partial charge < -0.3 is 10.6 Å². The van der Waals surface area contributed by atoms with E-state index >= 15 is 0 Å². The Morgan fingerprint density at radius 1 is 1.35 bits per heavy atom. The van der Waals surface area contributed by atoms with Gasteiger partial charge in [-0.1, -0.05) is 6.07 Å². The van der Waals surface area contributed by atoms with Gasteiger partial charge in [0.25, 0.3) is 0 Å². The molecule has 2 aromatic rings. The van der Waals surface area contributed by atoms with Gasteiger partial charge in [0.15, 0.2) is 0 Å². The summed E-state index contributed by atoms with van der Waals surface area (Å²) < 4.78 is 0. The Bertz CT molecular complexity index is 604. The Hall–Kier alpha value is -2.77. The normalized spacial score (nSPS) is 10.2. The molecule has 8 nitrogen and oxygen atoms in total. The molecule has 8 heteroatoms. The number of hydrogen-bond acceptors (Lipinski definition) is 7. The third kappa shape index (κ3) is 2.97. The van der Waals surface area contributed by atoms with E-state index in [1.165, 1.54) is 6.33 Å². The van der Waals surface area contributed by atoms with Crippen LogP contribution in [0.4, 0.5) is 17.3 Å². The Balaban J connectivity index is 2.15. The lowest BCUT2D eigenvalue weighted by Crippen LogP contribution is -2.23. The van der Waals surface area contributed by atoms with Crippen molar-refractivity contribution in [2.75, 3.05) is 24.2 Å². The fourth-order valence-electron chi connectivity index (χ4n) is 1.77. The Morgan fingerprint density at radius 2 is 2.15 bits per heavy atom. The fourth-order valence-corrected chi connectivity index (χ4v) is 1.77. The highest BCUT2D eigenvalue weighted by molar-refractivity contribution is 5.68. The molecule has 0 aliphatic heterocycles. The number of nitrogens with two attached hydrogens (primary N) is 1. The maximum Gasteiger partial charge on any atom is 0.353 e. The Kier molecular flexibility index (Phi) is 4.04. The van der Waals surface area contributed by atoms with Gasteiger partial charge in [-0.3, -0.25) is 15.1 Å². The first-order valence-electron chi connectivity index (χ1n) is 5.95. The molecule has 2 N–H and O–H groups in total. The van der Waals surface area contributed by atoms with Crippen molar-refractivity contribution < 1.29 is 4.92 Å². The molecule has 0 aliphatic rings. The fraction of sp³-hybridized carbons (Fsp3) is 0.250. The second-order valence-corrected chi connectivity index (χ2v) is 4.18. The van der Waals surface area contributed by atoms with Crippen LogP contribution in [-0.4, -0.2) is 33.5 Å². The summed E-state index contributed by atoms with van der Waals surface area (Å²) in [5, 5.41) is 11.0. The predicted molar refractivity (Wildman–Crippen MR) is 74.3 cm³/mol. The van der Waals surface area contributed by atoms with E-state index in [4.69, 9.17) is 5.73 Å². The van der Waals surface area contributed by atoms with E-state index < -0.39 is 4.92 Å². The number of nitrogen functional groups attached to an aromatic ring is 1. The van der Waals surface area contributed by atoms with Crippen LogP contribution in [0.25, 0.3) is 0 Å². The highest BCUT2D eigenvalue weighted by Crippen LogP contribution is 2.28. The number of nitrogens with zero attached hydrogens (tertiary/aromatic N) is 5. The van der Waals surface area contributed by atoms with Crippen molar-refractivity contribution >= 4 is 17.3 Å². The summed E-state index contributed by atoms with van der Waals surface area (Å²) in [5.74, 6) is 0.0723. The molecule has 0 bridgehead atoms. The highest BCUT2D eigenvalue weighted by Gasteiger charge is 2.23. The molecule has 0 aromatic carbocycles. The minimum absolute atomic E-state index is 0.135. The van der Waals surface area contributed by atoms with E-state index in [9.17, 15) is 10.1 Å². The molecule has 0 fully saturated rings. The van der Waals surface area contributed by atoms with Gasteiger partial charge in [0.2, 0.25) is 11.6 Å². The Morgan fingerprint density at radius 3 is 2.80 bits per heavy atom. The lowest BCUT2D eigenvalue weighted by molar-refractivity contribution is -0.383. The van der Waals surface area contributed by atoms with E-state index in [-0.39, 0.29) is 17.3 Å². The number of aromatic nitrogens is 3. The molecular formula is C12H14N6O2. The average molecular weight is 274 g/mol. The molecule has 0 aliphatic carbocycles. The average Bonchev–Trinajstić information content (AvgIpc) is 2.45. The molecular weight excluding hydrogens is 260 g/mol. The van der Waals surface area contributed by atoms with Gasteiger partial charge in [-0.15, -0.1) is 0 Å². The summed E-state index contributed by atoms with van der Waals surface area (Å²) in [7, 11) is 1.72. The molecule has 0 unspecified atom stereocenters. The second-order valence-electron chi connectivity index (χ2n) is 4.18. The van der Waals surface area contributed by atoms with Crippen molar-refractivity contribution in [2.45, 2.75) is 6.42 Å². The van der Waals surface area contributed by atoms with Gasteiger partial charge in [-0.25, -0.2) is 9.97 Å². The monoisotopic (exact) mass is 274 g/mol. The minimum atomic E-state index is -0.568. The summed E-state index contributed by atoms with van der Waals surface area (Å²) in [6, 6.07) is 5.63. The van der Waals surface area contributed by atoms with Crippen molar-refractivity contribution in [1.29, 1.82) is 0 Å². The molecule has 0 spiro atoms. The smallest absolute Gasteiger partial charge is 0.353 e. The summed E-state index contributed by atoms with van der Waals surface area (Å²) in [6.45, 7) is 0.536. The maximum atomic E-state index is 11.0. The Labute approximate surface area is 115 Å². The third-order valence-electron chi connectivity index (χ3n) is 2.80. The highest BCUT2D eigenvalue weighted by atomic mass is 16.6. The minimum Gasteiger partial charge on any atom is -0.378 e. The largest absolute Gasteiger partial charge is 0.378 e. The molecule has 2 aromatic heterocycles. The van der Waals surface area contributed by atoms with Crippen LogP contribution in [0.15, 0.2) is 30.7 Å². The molecule has 104 valence electrons. The van der Waals surface area contributed by atoms with Gasteiger partial charge in [-0.05, 0) is 12.1 Å². The number of rotatable bonds is 5. The third-order valence-corrected chi connectivity index (χ3v) is 2.80. The zero-order chi connectivity index (χ0) is 14.5. The van der Waals surface area contributed by atoms with Crippen LogP contribution in [0.5, 0.6) is 0 Å². The molecule has 0 amide bonds. The zero-order valence-electron chi connectivity index (χ0n) is 10.9. The maximum absolute atomic E-state index is 11.0. The van der Waals surface area contributed by atoms with E-state index in [0.29, 0.717) is 13.0 Å². The van der Waals surface area contributed by atoms with Crippen molar-refractivity contribution in [3.05, 3.63) is 46.5 Å². The first-order chi connectivity index (χ1) is 9.59. The molecule has 2 heterocycles. The van der Waals surface area contributed by atoms with Crippen molar-refractivity contribution in [1.82, 2.24) is 15.0 Å². The van der Waals surface area contributed by atoms with Crippen LogP contribution in [0.1, 0.15) is 5.69 Å². The van der Waals surface area contributed by atoms with Crippen molar-refractivity contribution in [2.24, 2.45) is 0 Å². The lowest BCUT2D eigenvalue weighted by atomic mass is 10.2. The van der Waals surface area contributed by atoms with Gasteiger partial charge >= 0.3 is 5.69 Å². The first kappa shape index (κ1) is 13.7. The van der Waals surface area contributed by atoms with Gasteiger partial charge in [0.05, 0.1) is 4.92 Å². The van der Waals surface area contributed by atoms with Crippen molar-refractivity contribution in [3.63, 3.8) is 0 Å². The zero-order valence-corrected chi connectivity index (χ0v) is 10.9. The van der Waals surface area contributed by atoms with E-state index in [1.807, 2.05) is 18.2 Å². The molecule has 0 saturated carbocycles. The molecule has 20 heavy (non-hydrogen) atoms. The number of likely N-dealkylation sites (N-methyl/N-ethyl adjacent to an activating group) is 1. The number of hydrogen-bond donors (Lipinski definition) is 1. The van der Waals surface area contributed by atoms with Crippen LogP contribution in [0.3, 0.4) is 0 Å². The van der Waals surface area contributed by atoms with E-state index in [0.717, 1.165) is 5.69 Å². The second kappa shape index (κ2) is 5.91. The number of pyridine rings is 1. The predicted octanol–water partition coefficient (Wildman–Crippen LogP) is 1.04. The summed E-state index contributed by atoms with van der Waals surface area (Å²) in [6.07, 6.45) is 3.58. The topological polar surface area (TPSA) is 111 Å². The quantitative estimate of drug-likeness (QED) is 0.640. The molecule has 0 atom stereocenters. The number of anilines is 2.